The molecule has 1 aliphatic carbocycles. The summed E-state index contributed by atoms with van der Waals surface area (Å²) in [7, 11) is 0. The predicted octanol–water partition coefficient (Wildman–Crippen LogP) is 3.12. The van der Waals surface area contributed by atoms with E-state index in [1.807, 2.05) is 43.0 Å². The topological polar surface area (TPSA) is 92.2 Å². The molecule has 2 aromatic rings. The maximum absolute atomic E-state index is 12.8. The van der Waals surface area contributed by atoms with Crippen LogP contribution >= 0.6 is 0 Å². The maximum atomic E-state index is 12.8. The Morgan fingerprint density at radius 2 is 1.55 bits per heavy atom. The quantitative estimate of drug-likeness (QED) is 0.789. The smallest absolute Gasteiger partial charge is 0.317 e. The van der Waals surface area contributed by atoms with Crippen molar-refractivity contribution in [2.24, 2.45) is 0 Å². The van der Waals surface area contributed by atoms with Crippen molar-refractivity contribution in [3.05, 3.63) is 41.2 Å². The van der Waals surface area contributed by atoms with Gasteiger partial charge in [-0.15, -0.1) is 5.10 Å². The molecule has 0 bridgehead atoms. The van der Waals surface area contributed by atoms with Crippen molar-refractivity contribution in [2.75, 3.05) is 13.1 Å². The van der Waals surface area contributed by atoms with Gasteiger partial charge in [-0.25, -0.2) is 9.48 Å². The van der Waals surface area contributed by atoms with Crippen LogP contribution in [0.3, 0.4) is 0 Å². The van der Waals surface area contributed by atoms with E-state index < -0.39 is 0 Å². The van der Waals surface area contributed by atoms with Crippen LogP contribution in [0.5, 0.6) is 0 Å². The fraction of sp³-hybridized carbons (Fsp3) is 0.565. The van der Waals surface area contributed by atoms with Gasteiger partial charge in [-0.1, -0.05) is 42.2 Å². The zero-order valence-electron chi connectivity index (χ0n) is 18.4. The molecule has 1 aliphatic heterocycles. The second-order valence-electron chi connectivity index (χ2n) is 8.79. The number of likely N-dealkylation sites (tertiary alicyclic amines) is 1. The Morgan fingerprint density at radius 1 is 0.903 bits per heavy atom. The number of piperidine rings is 1. The average molecular weight is 425 g/mol. The molecule has 2 aliphatic rings. The first kappa shape index (κ1) is 21.3. The van der Waals surface area contributed by atoms with Crippen LogP contribution < -0.4 is 10.6 Å². The number of rotatable bonds is 4. The van der Waals surface area contributed by atoms with Crippen LogP contribution in [0.15, 0.2) is 24.3 Å². The lowest BCUT2D eigenvalue weighted by Crippen LogP contribution is -2.51. The Labute approximate surface area is 183 Å². The molecule has 3 amide bonds. The molecule has 1 saturated heterocycles. The lowest BCUT2D eigenvalue weighted by Gasteiger charge is -2.34. The van der Waals surface area contributed by atoms with Gasteiger partial charge in [0.2, 0.25) is 0 Å². The van der Waals surface area contributed by atoms with Crippen LogP contribution in [0.2, 0.25) is 0 Å². The molecule has 0 spiro atoms. The third-order valence-corrected chi connectivity index (χ3v) is 6.44. The second-order valence-corrected chi connectivity index (χ2v) is 8.79. The van der Waals surface area contributed by atoms with E-state index in [4.69, 9.17) is 0 Å². The molecule has 166 valence electrons. The van der Waals surface area contributed by atoms with Crippen molar-refractivity contribution in [1.82, 2.24) is 30.5 Å². The normalized spacial score (nSPS) is 18.1. The molecule has 1 aromatic heterocycles. The number of carbonyl (C=O) groups excluding carboxylic acids is 2. The number of nitrogens with one attached hydrogen (secondary N) is 2. The molecule has 0 atom stereocenters. The lowest BCUT2D eigenvalue weighted by atomic mass is 9.95. The third kappa shape index (κ3) is 5.06. The van der Waals surface area contributed by atoms with Crippen LogP contribution in [-0.2, 0) is 0 Å². The van der Waals surface area contributed by atoms with Gasteiger partial charge in [-0.05, 0) is 51.7 Å². The summed E-state index contributed by atoms with van der Waals surface area (Å²) in [6.07, 6.45) is 7.33. The standard InChI is InChI=1S/C23H32N6O2/c1-16-8-10-20(11-9-16)29-17(2)21(26-27-29)22(30)24-19-12-14-28(15-13-19)23(31)25-18-6-4-3-5-7-18/h8-11,18-19H,3-7,12-15H2,1-2H3,(H,24,30)(H,25,31). The molecule has 8 heteroatoms. The zero-order valence-corrected chi connectivity index (χ0v) is 18.4. The van der Waals surface area contributed by atoms with E-state index in [9.17, 15) is 9.59 Å². The first-order valence-electron chi connectivity index (χ1n) is 11.4. The summed E-state index contributed by atoms with van der Waals surface area (Å²) in [6.45, 7) is 5.19. The van der Waals surface area contributed by atoms with Crippen molar-refractivity contribution in [3.63, 3.8) is 0 Å². The highest BCUT2D eigenvalue weighted by Crippen LogP contribution is 2.19. The molecule has 4 rings (SSSR count). The van der Waals surface area contributed by atoms with Gasteiger partial charge in [0.05, 0.1) is 11.4 Å². The second kappa shape index (κ2) is 9.49. The molecule has 1 aromatic carbocycles. The summed E-state index contributed by atoms with van der Waals surface area (Å²) in [4.78, 5) is 27.2. The highest BCUT2D eigenvalue weighted by atomic mass is 16.2. The highest BCUT2D eigenvalue weighted by Gasteiger charge is 2.27. The van der Waals surface area contributed by atoms with E-state index in [2.05, 4.69) is 20.9 Å². The summed E-state index contributed by atoms with van der Waals surface area (Å²) >= 11 is 0. The number of aromatic nitrogens is 3. The minimum Gasteiger partial charge on any atom is -0.348 e. The van der Waals surface area contributed by atoms with Crippen LogP contribution in [0.4, 0.5) is 4.79 Å². The Balaban J connectivity index is 1.29. The Hall–Kier alpha value is -2.90. The summed E-state index contributed by atoms with van der Waals surface area (Å²) in [5.41, 5.74) is 3.11. The Morgan fingerprint density at radius 3 is 2.23 bits per heavy atom. The average Bonchev–Trinajstić information content (AvgIpc) is 3.17. The summed E-state index contributed by atoms with van der Waals surface area (Å²) < 4.78 is 1.69. The molecule has 8 nitrogen and oxygen atoms in total. The van der Waals surface area contributed by atoms with E-state index in [0.29, 0.717) is 30.5 Å². The number of urea groups is 1. The van der Waals surface area contributed by atoms with Gasteiger partial charge in [-0.2, -0.15) is 0 Å². The lowest BCUT2D eigenvalue weighted by molar-refractivity contribution is 0.0911. The van der Waals surface area contributed by atoms with E-state index >= 15 is 0 Å². The number of hydrogen-bond acceptors (Lipinski definition) is 4. The predicted molar refractivity (Wildman–Crippen MR) is 118 cm³/mol. The van der Waals surface area contributed by atoms with Crippen molar-refractivity contribution >= 4 is 11.9 Å². The summed E-state index contributed by atoms with van der Waals surface area (Å²) in [6, 6.07) is 8.34. The Bertz CT molecular complexity index is 909. The van der Waals surface area contributed by atoms with Gasteiger partial charge in [0.1, 0.15) is 0 Å². The van der Waals surface area contributed by atoms with Crippen LogP contribution in [-0.4, -0.2) is 57.0 Å². The number of hydrogen-bond donors (Lipinski definition) is 2. The molecule has 2 heterocycles. The molecule has 0 radical (unpaired) electrons. The van der Waals surface area contributed by atoms with Gasteiger partial charge < -0.3 is 15.5 Å². The highest BCUT2D eigenvalue weighted by molar-refractivity contribution is 5.93. The summed E-state index contributed by atoms with van der Waals surface area (Å²) in [5, 5.41) is 14.5. The SMILES string of the molecule is Cc1ccc(-n2nnc(C(=O)NC3CCN(C(=O)NC4CCCCC4)CC3)c2C)cc1. The van der Waals surface area contributed by atoms with Crippen molar-refractivity contribution in [3.8, 4) is 5.69 Å². The molecule has 0 unspecified atom stereocenters. The maximum Gasteiger partial charge on any atom is 0.317 e. The molecule has 31 heavy (non-hydrogen) atoms. The van der Waals surface area contributed by atoms with Crippen molar-refractivity contribution in [1.29, 1.82) is 0 Å². The van der Waals surface area contributed by atoms with Crippen LogP contribution in [0, 0.1) is 13.8 Å². The number of aryl methyl sites for hydroxylation is 1. The zero-order chi connectivity index (χ0) is 21.8. The number of amides is 3. The van der Waals surface area contributed by atoms with E-state index in [-0.39, 0.29) is 18.0 Å². The van der Waals surface area contributed by atoms with E-state index in [1.165, 1.54) is 24.8 Å². The largest absolute Gasteiger partial charge is 0.348 e. The van der Waals surface area contributed by atoms with Crippen LogP contribution in [0.1, 0.15) is 66.7 Å². The van der Waals surface area contributed by atoms with E-state index in [0.717, 1.165) is 31.4 Å². The number of carbonyl (C=O) groups is 2. The van der Waals surface area contributed by atoms with Crippen LogP contribution in [0.25, 0.3) is 5.69 Å². The van der Waals surface area contributed by atoms with Gasteiger partial charge in [0, 0.05) is 25.2 Å². The number of nitrogens with zero attached hydrogens (tertiary/aromatic N) is 4. The summed E-state index contributed by atoms with van der Waals surface area (Å²) in [5.74, 6) is -0.207. The first-order valence-corrected chi connectivity index (χ1v) is 11.4. The number of benzene rings is 1. The molecular formula is C23H32N6O2. The molecule has 2 fully saturated rings. The minimum absolute atomic E-state index is 0.0357. The van der Waals surface area contributed by atoms with Crippen molar-refractivity contribution < 1.29 is 9.59 Å². The Kier molecular flexibility index (Phi) is 6.53. The third-order valence-electron chi connectivity index (χ3n) is 6.44. The van der Waals surface area contributed by atoms with Gasteiger partial charge in [0.25, 0.3) is 5.91 Å². The van der Waals surface area contributed by atoms with Crippen molar-refractivity contribution in [2.45, 2.75) is 70.9 Å². The van der Waals surface area contributed by atoms with Gasteiger partial charge in [0.15, 0.2) is 5.69 Å². The van der Waals surface area contributed by atoms with Gasteiger partial charge >= 0.3 is 6.03 Å². The fourth-order valence-corrected chi connectivity index (χ4v) is 4.46. The fourth-order valence-electron chi connectivity index (χ4n) is 4.46. The minimum atomic E-state index is -0.207. The monoisotopic (exact) mass is 424 g/mol. The first-order chi connectivity index (χ1) is 15.0. The molecule has 2 N–H and O–H groups in total. The molecule has 1 saturated carbocycles. The van der Waals surface area contributed by atoms with Gasteiger partial charge in [-0.3, -0.25) is 4.79 Å². The van der Waals surface area contributed by atoms with E-state index in [1.54, 1.807) is 4.68 Å². The molecular weight excluding hydrogens is 392 g/mol.